The summed E-state index contributed by atoms with van der Waals surface area (Å²) in [5, 5.41) is 11.0. The molecule has 8 nitrogen and oxygen atoms in total. The van der Waals surface area contributed by atoms with Crippen molar-refractivity contribution in [3.05, 3.63) is 29.2 Å². The predicted molar refractivity (Wildman–Crippen MR) is 92.5 cm³/mol. The monoisotopic (exact) mass is 359 g/mol. The zero-order chi connectivity index (χ0) is 17.9. The highest BCUT2D eigenvalue weighted by molar-refractivity contribution is 5.91. The van der Waals surface area contributed by atoms with E-state index in [1.165, 1.54) is 0 Å². The van der Waals surface area contributed by atoms with Crippen LogP contribution in [0.1, 0.15) is 66.5 Å². The molecule has 3 heterocycles. The number of carbonyl (C=O) groups is 1. The number of hydrogen-bond donors (Lipinski definition) is 1. The summed E-state index contributed by atoms with van der Waals surface area (Å²) < 4.78 is 10.3. The van der Waals surface area contributed by atoms with Gasteiger partial charge in [-0.25, -0.2) is 0 Å². The summed E-state index contributed by atoms with van der Waals surface area (Å²) in [5.74, 6) is 2.59. The first-order chi connectivity index (χ1) is 12.7. The number of nitrogens with one attached hydrogen (secondary N) is 1. The van der Waals surface area contributed by atoms with Gasteiger partial charge in [0.25, 0.3) is 5.91 Å². The molecule has 2 aromatic rings. The van der Waals surface area contributed by atoms with Crippen molar-refractivity contribution < 1.29 is 13.8 Å². The van der Waals surface area contributed by atoms with Crippen LogP contribution in [0, 0.1) is 5.92 Å². The molecule has 8 heteroatoms. The topological polar surface area (TPSA) is 97.3 Å². The van der Waals surface area contributed by atoms with Gasteiger partial charge in [0.1, 0.15) is 0 Å². The summed E-state index contributed by atoms with van der Waals surface area (Å²) in [6.45, 7) is 5.36. The number of piperidine rings is 1. The van der Waals surface area contributed by atoms with E-state index in [9.17, 15) is 4.79 Å². The molecule has 1 saturated carbocycles. The highest BCUT2D eigenvalue weighted by Crippen LogP contribution is 2.39. The lowest BCUT2D eigenvalue weighted by Gasteiger charge is -2.31. The Labute approximate surface area is 152 Å². The third kappa shape index (κ3) is 4.12. The molecule has 0 unspecified atom stereocenters. The van der Waals surface area contributed by atoms with Gasteiger partial charge < -0.3 is 14.4 Å². The van der Waals surface area contributed by atoms with E-state index in [0.717, 1.165) is 63.3 Å². The second kappa shape index (κ2) is 7.57. The molecule has 0 radical (unpaired) electrons. The van der Waals surface area contributed by atoms with Crippen molar-refractivity contribution in [2.45, 2.75) is 51.5 Å². The molecule has 2 fully saturated rings. The molecular weight excluding hydrogens is 334 g/mol. The largest absolute Gasteiger partial charge is 0.351 e. The Balaban J connectivity index is 1.19. The molecule has 2 aromatic heterocycles. The fourth-order valence-corrected chi connectivity index (χ4v) is 3.34. The third-order valence-electron chi connectivity index (χ3n) is 5.18. The molecule has 2 aliphatic rings. The molecule has 1 N–H and O–H groups in total. The molecule has 1 aliphatic carbocycles. The Morgan fingerprint density at radius 3 is 2.73 bits per heavy atom. The van der Waals surface area contributed by atoms with Gasteiger partial charge in [0.15, 0.2) is 5.82 Å². The van der Waals surface area contributed by atoms with Crippen molar-refractivity contribution in [2.75, 3.05) is 19.6 Å². The van der Waals surface area contributed by atoms with E-state index in [2.05, 4.69) is 25.5 Å². The number of hydrogen-bond acceptors (Lipinski definition) is 7. The molecule has 0 spiro atoms. The third-order valence-corrected chi connectivity index (χ3v) is 5.18. The molecule has 26 heavy (non-hydrogen) atoms. The molecular formula is C18H25N5O3. The van der Waals surface area contributed by atoms with Crippen molar-refractivity contribution in [3.63, 3.8) is 0 Å². The summed E-state index contributed by atoms with van der Waals surface area (Å²) in [5.41, 5.74) is 0.913. The second-order valence-corrected chi connectivity index (χ2v) is 7.28. The van der Waals surface area contributed by atoms with Crippen LogP contribution < -0.4 is 5.32 Å². The van der Waals surface area contributed by atoms with Crippen LogP contribution in [0.15, 0.2) is 15.1 Å². The van der Waals surface area contributed by atoms with E-state index in [0.29, 0.717) is 30.0 Å². The quantitative estimate of drug-likeness (QED) is 0.809. The molecule has 4 rings (SSSR count). The molecule has 0 bridgehead atoms. The zero-order valence-electron chi connectivity index (χ0n) is 15.1. The van der Waals surface area contributed by atoms with Crippen molar-refractivity contribution in [3.8, 4) is 0 Å². The first kappa shape index (κ1) is 17.2. The van der Waals surface area contributed by atoms with Crippen LogP contribution in [-0.2, 0) is 13.0 Å². The average molecular weight is 359 g/mol. The van der Waals surface area contributed by atoms with Crippen LogP contribution >= 0.6 is 0 Å². The van der Waals surface area contributed by atoms with E-state index >= 15 is 0 Å². The van der Waals surface area contributed by atoms with Crippen molar-refractivity contribution in [1.29, 1.82) is 0 Å². The zero-order valence-corrected chi connectivity index (χ0v) is 15.1. The SMILES string of the molecule is CCc1nc(CN2CCC(CNC(=O)c3cc(C4CC4)no3)CC2)no1. The number of rotatable bonds is 7. The predicted octanol–water partition coefficient (Wildman–Crippen LogP) is 2.14. The molecule has 0 aromatic carbocycles. The summed E-state index contributed by atoms with van der Waals surface area (Å²) in [7, 11) is 0. The van der Waals surface area contributed by atoms with Gasteiger partial charge in [-0.15, -0.1) is 0 Å². The van der Waals surface area contributed by atoms with Gasteiger partial charge in [0.2, 0.25) is 11.7 Å². The van der Waals surface area contributed by atoms with Crippen LogP contribution in [0.5, 0.6) is 0 Å². The van der Waals surface area contributed by atoms with Crippen LogP contribution in [0.3, 0.4) is 0 Å². The Morgan fingerprint density at radius 2 is 2.04 bits per heavy atom. The molecule has 1 aliphatic heterocycles. The maximum Gasteiger partial charge on any atom is 0.289 e. The molecule has 140 valence electrons. The number of likely N-dealkylation sites (tertiary alicyclic amines) is 1. The van der Waals surface area contributed by atoms with E-state index in [-0.39, 0.29) is 5.91 Å². The Kier molecular flexibility index (Phi) is 5.01. The minimum absolute atomic E-state index is 0.161. The second-order valence-electron chi connectivity index (χ2n) is 7.28. The van der Waals surface area contributed by atoms with Gasteiger partial charge >= 0.3 is 0 Å². The summed E-state index contributed by atoms with van der Waals surface area (Å²) in [6.07, 6.45) is 5.15. The molecule has 1 saturated heterocycles. The average Bonchev–Trinajstić information content (AvgIpc) is 3.22. The minimum Gasteiger partial charge on any atom is -0.351 e. The fourth-order valence-electron chi connectivity index (χ4n) is 3.34. The molecule has 0 atom stereocenters. The van der Waals surface area contributed by atoms with Crippen molar-refractivity contribution in [1.82, 2.24) is 25.5 Å². The van der Waals surface area contributed by atoms with Gasteiger partial charge in [-0.05, 0) is 44.7 Å². The van der Waals surface area contributed by atoms with Gasteiger partial charge in [-0.3, -0.25) is 9.69 Å². The van der Waals surface area contributed by atoms with Gasteiger partial charge in [0, 0.05) is 24.9 Å². The summed E-state index contributed by atoms with van der Waals surface area (Å²) in [4.78, 5) is 18.9. The highest BCUT2D eigenvalue weighted by Gasteiger charge is 2.28. The maximum absolute atomic E-state index is 12.2. The van der Waals surface area contributed by atoms with Crippen LogP contribution in [-0.4, -0.2) is 45.7 Å². The normalized spacial score (nSPS) is 19.0. The lowest BCUT2D eigenvalue weighted by molar-refractivity contribution is 0.0898. The van der Waals surface area contributed by atoms with Crippen LogP contribution in [0.25, 0.3) is 0 Å². The number of aromatic nitrogens is 3. The Hall–Kier alpha value is -2.22. The van der Waals surface area contributed by atoms with E-state index in [4.69, 9.17) is 9.05 Å². The Morgan fingerprint density at radius 1 is 1.23 bits per heavy atom. The maximum atomic E-state index is 12.2. The van der Waals surface area contributed by atoms with E-state index in [1.807, 2.05) is 6.92 Å². The van der Waals surface area contributed by atoms with E-state index in [1.54, 1.807) is 6.07 Å². The van der Waals surface area contributed by atoms with Crippen molar-refractivity contribution >= 4 is 5.91 Å². The van der Waals surface area contributed by atoms with Crippen molar-refractivity contribution in [2.24, 2.45) is 5.92 Å². The van der Waals surface area contributed by atoms with Gasteiger partial charge in [-0.2, -0.15) is 4.98 Å². The van der Waals surface area contributed by atoms with Crippen LogP contribution in [0.2, 0.25) is 0 Å². The highest BCUT2D eigenvalue weighted by atomic mass is 16.5. The number of aryl methyl sites for hydroxylation is 1. The smallest absolute Gasteiger partial charge is 0.289 e. The first-order valence-electron chi connectivity index (χ1n) is 9.50. The van der Waals surface area contributed by atoms with Gasteiger partial charge in [0.05, 0.1) is 12.2 Å². The van der Waals surface area contributed by atoms with Crippen LogP contribution in [0.4, 0.5) is 0 Å². The fraction of sp³-hybridized carbons (Fsp3) is 0.667. The number of nitrogens with zero attached hydrogens (tertiary/aromatic N) is 4. The minimum atomic E-state index is -0.161. The lowest BCUT2D eigenvalue weighted by Crippen LogP contribution is -2.38. The standard InChI is InChI=1S/C18H25N5O3/c1-2-17-20-16(22-26-17)11-23-7-5-12(6-8-23)10-19-18(24)15-9-14(21-25-15)13-3-4-13/h9,12-13H,2-8,10-11H2,1H3,(H,19,24). The molecule has 1 amide bonds. The lowest BCUT2D eigenvalue weighted by atomic mass is 9.97. The summed E-state index contributed by atoms with van der Waals surface area (Å²) >= 11 is 0. The van der Waals surface area contributed by atoms with E-state index < -0.39 is 0 Å². The first-order valence-corrected chi connectivity index (χ1v) is 9.50. The van der Waals surface area contributed by atoms with Gasteiger partial charge in [-0.1, -0.05) is 17.2 Å². The number of amides is 1. The number of carbonyl (C=O) groups excluding carboxylic acids is 1. The Bertz CT molecular complexity index is 744. The summed E-state index contributed by atoms with van der Waals surface area (Å²) in [6, 6.07) is 1.78.